The average Bonchev–Trinajstić information content (AvgIpc) is 2.66. The fraction of sp³-hybridized carbons (Fsp3) is 0.444. The lowest BCUT2D eigenvalue weighted by Gasteiger charge is -2.07. The number of aliphatic hydroxyl groups is 2. The number of aromatic carboxylic acids is 1. The van der Waals surface area contributed by atoms with Gasteiger partial charge in [0.05, 0.1) is 12.7 Å². The zero-order valence-electron chi connectivity index (χ0n) is 8.01. The molecule has 15 heavy (non-hydrogen) atoms. The molecular weight excluding hydrogens is 218 g/mol. The highest BCUT2D eigenvalue weighted by atomic mass is 32.1. The van der Waals surface area contributed by atoms with Gasteiger partial charge in [0, 0.05) is 18.0 Å². The summed E-state index contributed by atoms with van der Waals surface area (Å²) in [5.74, 6) is -0.929. The first-order valence-electron chi connectivity index (χ1n) is 4.45. The largest absolute Gasteiger partial charge is 0.477 e. The monoisotopic (exact) mass is 231 g/mol. The molecule has 0 spiro atoms. The quantitative estimate of drug-likeness (QED) is 0.548. The Balaban J connectivity index is 2.35. The first-order chi connectivity index (χ1) is 7.13. The Kier molecular flexibility index (Phi) is 4.70. The van der Waals surface area contributed by atoms with Gasteiger partial charge in [0.1, 0.15) is 4.88 Å². The van der Waals surface area contributed by atoms with Crippen LogP contribution in [0.2, 0.25) is 0 Å². The third-order valence-electron chi connectivity index (χ3n) is 1.76. The van der Waals surface area contributed by atoms with Gasteiger partial charge in [0.2, 0.25) is 0 Å². The molecule has 0 fully saturated rings. The lowest BCUT2D eigenvalue weighted by molar-refractivity contribution is 0.0702. The van der Waals surface area contributed by atoms with Crippen LogP contribution in [-0.2, 0) is 6.54 Å². The number of hydrogen-bond acceptors (Lipinski definition) is 5. The number of rotatable bonds is 6. The summed E-state index contributed by atoms with van der Waals surface area (Å²) >= 11 is 1.19. The number of carboxylic acid groups (broad SMARTS) is 1. The highest BCUT2D eigenvalue weighted by Crippen LogP contribution is 2.15. The molecule has 0 saturated heterocycles. The van der Waals surface area contributed by atoms with Gasteiger partial charge in [-0.25, -0.2) is 4.79 Å². The molecule has 0 bridgehead atoms. The number of thiophene rings is 1. The number of hydrogen-bond donors (Lipinski definition) is 4. The van der Waals surface area contributed by atoms with Crippen molar-refractivity contribution in [2.24, 2.45) is 0 Å². The lowest BCUT2D eigenvalue weighted by atomic mass is 10.3. The van der Waals surface area contributed by atoms with Gasteiger partial charge in [-0.1, -0.05) is 0 Å². The topological polar surface area (TPSA) is 89.8 Å². The Morgan fingerprint density at radius 3 is 2.80 bits per heavy atom. The van der Waals surface area contributed by atoms with Crippen LogP contribution < -0.4 is 5.32 Å². The Morgan fingerprint density at radius 1 is 1.53 bits per heavy atom. The van der Waals surface area contributed by atoms with E-state index in [9.17, 15) is 4.79 Å². The molecule has 0 radical (unpaired) electrons. The number of nitrogens with one attached hydrogen (secondary N) is 1. The maximum Gasteiger partial charge on any atom is 0.345 e. The zero-order valence-corrected chi connectivity index (χ0v) is 8.83. The van der Waals surface area contributed by atoms with Crippen LogP contribution in [0.15, 0.2) is 12.1 Å². The van der Waals surface area contributed by atoms with Crippen LogP contribution in [0.4, 0.5) is 0 Å². The van der Waals surface area contributed by atoms with Crippen LogP contribution in [0.1, 0.15) is 14.5 Å². The van der Waals surface area contributed by atoms with E-state index in [-0.39, 0.29) is 13.2 Å². The van der Waals surface area contributed by atoms with E-state index in [0.717, 1.165) is 4.88 Å². The third-order valence-corrected chi connectivity index (χ3v) is 2.84. The van der Waals surface area contributed by atoms with E-state index >= 15 is 0 Å². The van der Waals surface area contributed by atoms with Crippen molar-refractivity contribution < 1.29 is 20.1 Å². The summed E-state index contributed by atoms with van der Waals surface area (Å²) in [5, 5.41) is 29.1. The SMILES string of the molecule is O=C(O)c1ccc(CNCC(O)CO)s1. The van der Waals surface area contributed by atoms with E-state index in [1.807, 2.05) is 0 Å². The van der Waals surface area contributed by atoms with E-state index in [1.54, 1.807) is 12.1 Å². The van der Waals surface area contributed by atoms with Crippen molar-refractivity contribution in [3.8, 4) is 0 Å². The Morgan fingerprint density at radius 2 is 2.27 bits per heavy atom. The molecule has 0 amide bonds. The second kappa shape index (κ2) is 5.82. The molecule has 4 N–H and O–H groups in total. The van der Waals surface area contributed by atoms with Gasteiger partial charge in [-0.05, 0) is 12.1 Å². The van der Waals surface area contributed by atoms with E-state index in [1.165, 1.54) is 11.3 Å². The fourth-order valence-corrected chi connectivity index (χ4v) is 1.83. The van der Waals surface area contributed by atoms with Gasteiger partial charge in [0.25, 0.3) is 0 Å². The van der Waals surface area contributed by atoms with Crippen LogP contribution in [0.3, 0.4) is 0 Å². The Labute approximate surface area is 91.0 Å². The summed E-state index contributed by atoms with van der Waals surface area (Å²) < 4.78 is 0. The van der Waals surface area contributed by atoms with E-state index < -0.39 is 12.1 Å². The molecule has 0 aromatic carbocycles. The molecule has 0 aliphatic heterocycles. The van der Waals surface area contributed by atoms with E-state index in [2.05, 4.69) is 5.32 Å². The van der Waals surface area contributed by atoms with Gasteiger partial charge in [0.15, 0.2) is 0 Å². The van der Waals surface area contributed by atoms with Crippen LogP contribution in [-0.4, -0.2) is 40.5 Å². The predicted octanol–water partition coefficient (Wildman–Crippen LogP) is -0.111. The van der Waals surface area contributed by atoms with Crippen LogP contribution in [0.25, 0.3) is 0 Å². The fourth-order valence-electron chi connectivity index (χ4n) is 1.01. The highest BCUT2D eigenvalue weighted by molar-refractivity contribution is 7.13. The Hall–Kier alpha value is -0.950. The first-order valence-corrected chi connectivity index (χ1v) is 5.26. The summed E-state index contributed by atoms with van der Waals surface area (Å²) in [5.41, 5.74) is 0. The van der Waals surface area contributed by atoms with Crippen LogP contribution in [0.5, 0.6) is 0 Å². The van der Waals surface area contributed by atoms with Crippen molar-refractivity contribution in [1.29, 1.82) is 0 Å². The minimum atomic E-state index is -0.929. The number of carbonyl (C=O) groups is 1. The molecule has 1 rings (SSSR count). The Bertz CT molecular complexity index is 326. The third kappa shape index (κ3) is 3.96. The summed E-state index contributed by atoms with van der Waals surface area (Å²) in [6.45, 7) is 0.504. The van der Waals surface area contributed by atoms with Crippen molar-refractivity contribution >= 4 is 17.3 Å². The van der Waals surface area contributed by atoms with Crippen molar-refractivity contribution in [2.45, 2.75) is 12.6 Å². The second-order valence-corrected chi connectivity index (χ2v) is 4.21. The van der Waals surface area contributed by atoms with Gasteiger partial charge in [-0.2, -0.15) is 0 Å². The maximum absolute atomic E-state index is 10.6. The van der Waals surface area contributed by atoms with E-state index in [4.69, 9.17) is 15.3 Å². The summed E-state index contributed by atoms with van der Waals surface area (Å²) in [7, 11) is 0. The number of carboxylic acids is 1. The molecule has 5 nitrogen and oxygen atoms in total. The van der Waals surface area contributed by atoms with Crippen molar-refractivity contribution in [1.82, 2.24) is 5.32 Å². The summed E-state index contributed by atoms with van der Waals surface area (Å²) in [4.78, 5) is 11.7. The summed E-state index contributed by atoms with van der Waals surface area (Å²) in [6.07, 6.45) is -0.774. The molecular formula is C9H13NO4S. The van der Waals surface area contributed by atoms with E-state index in [0.29, 0.717) is 11.4 Å². The molecule has 1 aromatic heterocycles. The predicted molar refractivity (Wildman–Crippen MR) is 56.1 cm³/mol. The van der Waals surface area contributed by atoms with Crippen molar-refractivity contribution in [2.75, 3.05) is 13.2 Å². The highest BCUT2D eigenvalue weighted by Gasteiger charge is 2.07. The minimum absolute atomic E-state index is 0.280. The summed E-state index contributed by atoms with van der Waals surface area (Å²) in [6, 6.07) is 3.28. The standard InChI is InChI=1S/C9H13NO4S/c11-5-6(12)3-10-4-7-1-2-8(15-7)9(13)14/h1-2,6,10-12H,3-5H2,(H,13,14). The van der Waals surface area contributed by atoms with Gasteiger partial charge in [-0.15, -0.1) is 11.3 Å². The molecule has 1 unspecified atom stereocenters. The lowest BCUT2D eigenvalue weighted by Crippen LogP contribution is -2.28. The van der Waals surface area contributed by atoms with Gasteiger partial charge in [-0.3, -0.25) is 0 Å². The normalized spacial score (nSPS) is 12.7. The minimum Gasteiger partial charge on any atom is -0.477 e. The molecule has 1 heterocycles. The first kappa shape index (κ1) is 12.1. The second-order valence-electron chi connectivity index (χ2n) is 3.04. The van der Waals surface area contributed by atoms with Crippen LogP contribution in [0, 0.1) is 0 Å². The van der Waals surface area contributed by atoms with Gasteiger partial charge < -0.3 is 20.6 Å². The molecule has 6 heteroatoms. The number of aliphatic hydroxyl groups excluding tert-OH is 2. The molecule has 1 atom stereocenters. The maximum atomic E-state index is 10.6. The van der Waals surface area contributed by atoms with Crippen molar-refractivity contribution in [3.63, 3.8) is 0 Å². The molecule has 1 aromatic rings. The average molecular weight is 231 g/mol. The molecule has 0 aliphatic rings. The van der Waals surface area contributed by atoms with Crippen LogP contribution >= 0.6 is 11.3 Å². The zero-order chi connectivity index (χ0) is 11.3. The molecule has 84 valence electrons. The van der Waals surface area contributed by atoms with Crippen molar-refractivity contribution in [3.05, 3.63) is 21.9 Å². The smallest absolute Gasteiger partial charge is 0.345 e. The molecule has 0 aliphatic carbocycles. The van der Waals surface area contributed by atoms with Gasteiger partial charge >= 0.3 is 5.97 Å². The molecule has 0 saturated carbocycles.